The summed E-state index contributed by atoms with van der Waals surface area (Å²) in [6, 6.07) is 3.21. The Balaban J connectivity index is 1.79. The van der Waals surface area contributed by atoms with Crippen LogP contribution in [0.3, 0.4) is 0 Å². The van der Waals surface area contributed by atoms with Crippen molar-refractivity contribution < 1.29 is 17.9 Å². The first-order valence-electron chi connectivity index (χ1n) is 7.99. The third-order valence-electron chi connectivity index (χ3n) is 4.98. The van der Waals surface area contributed by atoms with Crippen molar-refractivity contribution in [3.05, 3.63) is 22.5 Å². The molecular formula is C16H15N3O5S2. The molecule has 1 aromatic carbocycles. The van der Waals surface area contributed by atoms with Crippen LogP contribution in [0.2, 0.25) is 0 Å². The fourth-order valence-corrected chi connectivity index (χ4v) is 7.69. The lowest BCUT2D eigenvalue weighted by atomic mass is 10.2. The van der Waals surface area contributed by atoms with E-state index in [1.165, 1.54) is 16.3 Å². The number of fused-ring (bicyclic) bond motifs is 6. The number of aromatic amines is 1. The monoisotopic (exact) mass is 393 g/mol. The molecule has 2 aliphatic rings. The molecule has 0 amide bonds. The number of H-pyrrole nitrogens is 1. The van der Waals surface area contributed by atoms with E-state index in [0.29, 0.717) is 33.2 Å². The Hall–Kier alpha value is -2.20. The molecule has 2 aromatic heterocycles. The molecule has 26 heavy (non-hydrogen) atoms. The zero-order chi connectivity index (χ0) is 18.2. The van der Waals surface area contributed by atoms with E-state index in [2.05, 4.69) is 9.97 Å². The molecule has 2 aliphatic heterocycles. The second kappa shape index (κ2) is 5.17. The molecule has 0 spiro atoms. The zero-order valence-corrected chi connectivity index (χ0v) is 15.6. The van der Waals surface area contributed by atoms with Crippen molar-refractivity contribution >= 4 is 43.5 Å². The van der Waals surface area contributed by atoms with Crippen LogP contribution in [0.4, 0.5) is 0 Å². The van der Waals surface area contributed by atoms with Crippen LogP contribution in [-0.4, -0.2) is 53.9 Å². The number of sulfone groups is 1. The van der Waals surface area contributed by atoms with Gasteiger partial charge in [0.2, 0.25) is 0 Å². The van der Waals surface area contributed by atoms with E-state index in [1.54, 1.807) is 26.4 Å². The van der Waals surface area contributed by atoms with Gasteiger partial charge in [0.25, 0.3) is 5.56 Å². The SMILES string of the molecule is COc1cc2[nH]c3c(=O)n4c(nc3c2cc1OC)S[C@H]1CS(=O)(=O)C[C@H]14. The Morgan fingerprint density at radius 3 is 2.69 bits per heavy atom. The molecule has 136 valence electrons. The highest BCUT2D eigenvalue weighted by Gasteiger charge is 2.46. The number of hydrogen-bond donors (Lipinski definition) is 1. The third-order valence-corrected chi connectivity index (χ3v) is 8.19. The summed E-state index contributed by atoms with van der Waals surface area (Å²) in [5.41, 5.74) is 1.40. The van der Waals surface area contributed by atoms with Crippen LogP contribution in [0.5, 0.6) is 11.5 Å². The molecule has 0 radical (unpaired) electrons. The predicted octanol–water partition coefficient (Wildman–Crippen LogP) is 1.34. The highest BCUT2D eigenvalue weighted by atomic mass is 32.2. The molecule has 3 aromatic rings. The molecule has 1 saturated heterocycles. The summed E-state index contributed by atoms with van der Waals surface area (Å²) in [5.74, 6) is 1.19. The van der Waals surface area contributed by atoms with Crippen molar-refractivity contribution in [1.82, 2.24) is 14.5 Å². The highest BCUT2D eigenvalue weighted by molar-refractivity contribution is 8.02. The summed E-state index contributed by atoms with van der Waals surface area (Å²) in [6.07, 6.45) is 0. The number of benzene rings is 1. The predicted molar refractivity (Wildman–Crippen MR) is 98.3 cm³/mol. The number of thioether (sulfide) groups is 1. The molecular weight excluding hydrogens is 378 g/mol. The molecule has 8 nitrogen and oxygen atoms in total. The molecule has 0 unspecified atom stereocenters. The zero-order valence-electron chi connectivity index (χ0n) is 14.0. The third kappa shape index (κ3) is 2.05. The van der Waals surface area contributed by atoms with Gasteiger partial charge in [0, 0.05) is 16.7 Å². The van der Waals surface area contributed by atoms with E-state index < -0.39 is 9.84 Å². The minimum absolute atomic E-state index is 0.00731. The maximum absolute atomic E-state index is 13.1. The molecule has 4 heterocycles. The number of nitrogens with zero attached hydrogens (tertiary/aromatic N) is 2. The van der Waals surface area contributed by atoms with Gasteiger partial charge in [-0.25, -0.2) is 13.4 Å². The fraction of sp³-hybridized carbons (Fsp3) is 0.375. The maximum Gasteiger partial charge on any atom is 0.278 e. The lowest BCUT2D eigenvalue weighted by Gasteiger charge is -2.09. The second-order valence-corrected chi connectivity index (χ2v) is 9.83. The normalized spacial score (nSPS) is 23.3. The first-order chi connectivity index (χ1) is 12.4. The van der Waals surface area contributed by atoms with Gasteiger partial charge in [-0.3, -0.25) is 9.36 Å². The number of hydrogen-bond acceptors (Lipinski definition) is 7. The quantitative estimate of drug-likeness (QED) is 0.655. The lowest BCUT2D eigenvalue weighted by Crippen LogP contribution is -2.27. The summed E-state index contributed by atoms with van der Waals surface area (Å²) in [7, 11) is -0.0139. The van der Waals surface area contributed by atoms with E-state index in [4.69, 9.17) is 9.47 Å². The summed E-state index contributed by atoms with van der Waals surface area (Å²) in [5, 5.41) is 1.19. The number of aromatic nitrogens is 3. The Kier molecular flexibility index (Phi) is 3.18. The maximum atomic E-state index is 13.1. The Morgan fingerprint density at radius 1 is 1.23 bits per heavy atom. The summed E-state index contributed by atoms with van der Waals surface area (Å²) >= 11 is 1.37. The fourth-order valence-electron chi connectivity index (χ4n) is 3.80. The van der Waals surface area contributed by atoms with Crippen molar-refractivity contribution in [2.24, 2.45) is 0 Å². The molecule has 0 bridgehead atoms. The number of nitrogens with one attached hydrogen (secondary N) is 1. The van der Waals surface area contributed by atoms with Crippen molar-refractivity contribution in [2.75, 3.05) is 25.7 Å². The van der Waals surface area contributed by atoms with Crippen LogP contribution in [0.15, 0.2) is 22.1 Å². The minimum atomic E-state index is -3.11. The molecule has 10 heteroatoms. The number of ether oxygens (including phenoxy) is 2. The summed E-state index contributed by atoms with van der Waals surface area (Å²) in [4.78, 5) is 20.9. The largest absolute Gasteiger partial charge is 0.493 e. The van der Waals surface area contributed by atoms with Crippen LogP contribution < -0.4 is 15.0 Å². The summed E-state index contributed by atoms with van der Waals surface area (Å²) in [6.45, 7) is 0. The molecule has 0 aliphatic carbocycles. The van der Waals surface area contributed by atoms with E-state index in [1.807, 2.05) is 0 Å². The van der Waals surface area contributed by atoms with Gasteiger partial charge in [-0.1, -0.05) is 11.8 Å². The Labute approximate surface area is 152 Å². The van der Waals surface area contributed by atoms with E-state index in [9.17, 15) is 13.2 Å². The standard InChI is InChI=1S/C16H15N3O5S2/c1-23-10-3-7-8(4-11(10)24-2)17-14-13(7)18-16-19(15(14)20)9-5-26(21,22)6-12(9)25-16/h3-4,9,12,17H,5-6H2,1-2H3/t9-,12+/m1/s1. The molecule has 2 atom stereocenters. The van der Waals surface area contributed by atoms with Gasteiger partial charge in [0.15, 0.2) is 26.5 Å². The van der Waals surface area contributed by atoms with Crippen molar-refractivity contribution in [1.29, 1.82) is 0 Å². The second-order valence-electron chi connectivity index (χ2n) is 6.47. The average molecular weight is 393 g/mol. The van der Waals surface area contributed by atoms with Gasteiger partial charge in [-0.05, 0) is 6.07 Å². The first-order valence-corrected chi connectivity index (χ1v) is 10.7. The van der Waals surface area contributed by atoms with Gasteiger partial charge in [0.05, 0.1) is 37.3 Å². The molecule has 1 N–H and O–H groups in total. The van der Waals surface area contributed by atoms with Gasteiger partial charge in [0.1, 0.15) is 11.0 Å². The van der Waals surface area contributed by atoms with Crippen molar-refractivity contribution in [3.63, 3.8) is 0 Å². The number of methoxy groups -OCH3 is 2. The molecule has 1 fully saturated rings. The molecule has 0 saturated carbocycles. The van der Waals surface area contributed by atoms with Crippen LogP contribution >= 0.6 is 11.8 Å². The van der Waals surface area contributed by atoms with Gasteiger partial charge < -0.3 is 14.5 Å². The van der Waals surface area contributed by atoms with Crippen LogP contribution in [0.25, 0.3) is 21.9 Å². The van der Waals surface area contributed by atoms with Crippen LogP contribution in [-0.2, 0) is 9.84 Å². The topological polar surface area (TPSA) is 103 Å². The van der Waals surface area contributed by atoms with E-state index in [-0.39, 0.29) is 28.4 Å². The van der Waals surface area contributed by atoms with E-state index in [0.717, 1.165) is 5.39 Å². The van der Waals surface area contributed by atoms with Crippen molar-refractivity contribution in [3.8, 4) is 11.5 Å². The lowest BCUT2D eigenvalue weighted by molar-refractivity contribution is 0.356. The van der Waals surface area contributed by atoms with Gasteiger partial charge >= 0.3 is 0 Å². The van der Waals surface area contributed by atoms with E-state index >= 15 is 0 Å². The van der Waals surface area contributed by atoms with Gasteiger partial charge in [-0.15, -0.1) is 0 Å². The smallest absolute Gasteiger partial charge is 0.278 e. The molecule has 5 rings (SSSR count). The first kappa shape index (κ1) is 16.0. The Morgan fingerprint density at radius 2 is 1.96 bits per heavy atom. The highest BCUT2D eigenvalue weighted by Crippen LogP contribution is 2.44. The summed E-state index contributed by atoms with van der Waals surface area (Å²) < 4.78 is 36.0. The van der Waals surface area contributed by atoms with Crippen molar-refractivity contribution in [2.45, 2.75) is 16.4 Å². The minimum Gasteiger partial charge on any atom is -0.493 e. The van der Waals surface area contributed by atoms with Crippen LogP contribution in [0.1, 0.15) is 6.04 Å². The van der Waals surface area contributed by atoms with Gasteiger partial charge in [-0.2, -0.15) is 0 Å². The van der Waals surface area contributed by atoms with Crippen LogP contribution in [0, 0.1) is 0 Å². The number of rotatable bonds is 2. The average Bonchev–Trinajstić information content (AvgIpc) is 3.20. The Bertz CT molecular complexity index is 1240.